The van der Waals surface area contributed by atoms with Gasteiger partial charge in [-0.2, -0.15) is 0 Å². The van der Waals surface area contributed by atoms with Gasteiger partial charge in [0, 0.05) is 16.6 Å². The lowest BCUT2D eigenvalue weighted by Crippen LogP contribution is -2.56. The number of hydrogen-bond donors (Lipinski definition) is 1. The fraction of sp³-hybridized carbons (Fsp3) is 0.600. The van der Waals surface area contributed by atoms with Crippen molar-refractivity contribution in [3.8, 4) is 0 Å². The van der Waals surface area contributed by atoms with Crippen LogP contribution in [0.15, 0.2) is 24.3 Å². The molecule has 0 spiro atoms. The molecule has 1 rings (SSSR count). The third kappa shape index (κ3) is 3.47. The quantitative estimate of drug-likeness (QED) is 0.852. The molecule has 0 aliphatic carbocycles. The Morgan fingerprint density at radius 2 is 2.06 bits per heavy atom. The average Bonchev–Trinajstić information content (AvgIpc) is 2.34. The van der Waals surface area contributed by atoms with Gasteiger partial charge in [0.2, 0.25) is 0 Å². The van der Waals surface area contributed by atoms with E-state index in [1.807, 2.05) is 19.2 Å². The monoisotopic (exact) mass is 268 g/mol. The van der Waals surface area contributed by atoms with Crippen LogP contribution in [0.1, 0.15) is 25.8 Å². The third-order valence-corrected chi connectivity index (χ3v) is 4.40. The highest BCUT2D eigenvalue weighted by atomic mass is 35.5. The standard InChI is InChI=1S/C15H25ClN2/c1-6-15(2,18(4)5)14(17-3)11-12-8-7-9-13(16)10-12/h7-10,14,17H,6,11H2,1-5H3. The molecular formula is C15H25ClN2. The lowest BCUT2D eigenvalue weighted by molar-refractivity contribution is 0.116. The fourth-order valence-electron chi connectivity index (χ4n) is 2.41. The van der Waals surface area contributed by atoms with Gasteiger partial charge >= 0.3 is 0 Å². The molecule has 0 amide bonds. The first-order valence-electron chi connectivity index (χ1n) is 6.53. The second-order valence-corrected chi connectivity index (χ2v) is 5.72. The van der Waals surface area contributed by atoms with Gasteiger partial charge in [0.1, 0.15) is 0 Å². The van der Waals surface area contributed by atoms with Crippen molar-refractivity contribution in [2.45, 2.75) is 38.3 Å². The van der Waals surface area contributed by atoms with E-state index in [9.17, 15) is 0 Å². The highest BCUT2D eigenvalue weighted by molar-refractivity contribution is 6.30. The molecule has 1 aromatic rings. The maximum atomic E-state index is 6.05. The minimum absolute atomic E-state index is 0.136. The molecule has 1 N–H and O–H groups in total. The lowest BCUT2D eigenvalue weighted by atomic mass is 9.84. The predicted molar refractivity (Wildman–Crippen MR) is 80.4 cm³/mol. The molecule has 0 heterocycles. The van der Waals surface area contributed by atoms with Crippen LogP contribution in [0.2, 0.25) is 5.02 Å². The second-order valence-electron chi connectivity index (χ2n) is 5.28. The molecule has 102 valence electrons. The van der Waals surface area contributed by atoms with Crippen LogP contribution in [0.3, 0.4) is 0 Å². The van der Waals surface area contributed by atoms with Crippen LogP contribution in [0.5, 0.6) is 0 Å². The summed E-state index contributed by atoms with van der Waals surface area (Å²) in [6.07, 6.45) is 2.09. The summed E-state index contributed by atoms with van der Waals surface area (Å²) in [5.74, 6) is 0. The van der Waals surface area contributed by atoms with Crippen molar-refractivity contribution in [2.24, 2.45) is 0 Å². The summed E-state index contributed by atoms with van der Waals surface area (Å²) >= 11 is 6.05. The van der Waals surface area contributed by atoms with Gasteiger partial charge in [-0.3, -0.25) is 0 Å². The third-order valence-electron chi connectivity index (χ3n) is 4.17. The van der Waals surface area contributed by atoms with Crippen LogP contribution in [-0.4, -0.2) is 37.6 Å². The smallest absolute Gasteiger partial charge is 0.0408 e. The van der Waals surface area contributed by atoms with E-state index in [-0.39, 0.29) is 5.54 Å². The maximum absolute atomic E-state index is 6.05. The molecule has 18 heavy (non-hydrogen) atoms. The SMILES string of the molecule is CCC(C)(C(Cc1cccc(Cl)c1)NC)N(C)C. The zero-order valence-electron chi connectivity index (χ0n) is 12.1. The fourth-order valence-corrected chi connectivity index (χ4v) is 2.62. The number of nitrogens with one attached hydrogen (secondary N) is 1. The van der Waals surface area contributed by atoms with Crippen LogP contribution in [-0.2, 0) is 6.42 Å². The summed E-state index contributed by atoms with van der Waals surface area (Å²) in [4.78, 5) is 2.30. The van der Waals surface area contributed by atoms with E-state index in [4.69, 9.17) is 11.6 Å². The van der Waals surface area contributed by atoms with E-state index >= 15 is 0 Å². The van der Waals surface area contributed by atoms with E-state index in [1.165, 1.54) is 5.56 Å². The molecule has 0 aromatic heterocycles. The molecule has 2 atom stereocenters. The summed E-state index contributed by atoms with van der Waals surface area (Å²) in [5.41, 5.74) is 1.42. The van der Waals surface area contributed by atoms with Crippen molar-refractivity contribution in [3.05, 3.63) is 34.9 Å². The first-order valence-corrected chi connectivity index (χ1v) is 6.91. The van der Waals surface area contributed by atoms with Crippen LogP contribution in [0.25, 0.3) is 0 Å². The average molecular weight is 269 g/mol. The largest absolute Gasteiger partial charge is 0.315 e. The van der Waals surface area contributed by atoms with E-state index in [1.54, 1.807) is 0 Å². The van der Waals surface area contributed by atoms with Gasteiger partial charge in [-0.25, -0.2) is 0 Å². The molecule has 0 aliphatic rings. The van der Waals surface area contributed by atoms with Gasteiger partial charge in [0.25, 0.3) is 0 Å². The topological polar surface area (TPSA) is 15.3 Å². The normalized spacial score (nSPS) is 16.6. The Kier molecular flexibility index (Phi) is 5.64. The minimum atomic E-state index is 0.136. The van der Waals surface area contributed by atoms with Crippen LogP contribution < -0.4 is 5.32 Å². The molecular weight excluding hydrogens is 244 g/mol. The number of likely N-dealkylation sites (N-methyl/N-ethyl adjacent to an activating group) is 2. The van der Waals surface area contributed by atoms with Gasteiger partial charge in [-0.15, -0.1) is 0 Å². The van der Waals surface area contributed by atoms with E-state index in [0.29, 0.717) is 6.04 Å². The molecule has 2 nitrogen and oxygen atoms in total. The minimum Gasteiger partial charge on any atom is -0.315 e. The number of rotatable bonds is 6. The van der Waals surface area contributed by atoms with Gasteiger partial charge in [-0.05, 0) is 58.6 Å². The Morgan fingerprint density at radius 3 is 2.50 bits per heavy atom. The van der Waals surface area contributed by atoms with Gasteiger partial charge < -0.3 is 10.2 Å². The predicted octanol–water partition coefficient (Wildman–Crippen LogP) is 3.20. The summed E-state index contributed by atoms with van der Waals surface area (Å²) in [7, 11) is 6.32. The van der Waals surface area contributed by atoms with E-state index in [0.717, 1.165) is 17.9 Å². The Bertz CT molecular complexity index is 379. The number of hydrogen-bond acceptors (Lipinski definition) is 2. The summed E-state index contributed by atoms with van der Waals surface area (Å²) in [6.45, 7) is 4.54. The Balaban J connectivity index is 2.90. The molecule has 0 saturated carbocycles. The van der Waals surface area contributed by atoms with Crippen molar-refractivity contribution >= 4 is 11.6 Å². The van der Waals surface area contributed by atoms with Crippen molar-refractivity contribution in [1.29, 1.82) is 0 Å². The van der Waals surface area contributed by atoms with E-state index in [2.05, 4.69) is 50.3 Å². The Morgan fingerprint density at radius 1 is 1.39 bits per heavy atom. The molecule has 2 unspecified atom stereocenters. The van der Waals surface area contributed by atoms with Crippen molar-refractivity contribution in [3.63, 3.8) is 0 Å². The zero-order valence-corrected chi connectivity index (χ0v) is 12.9. The molecule has 0 saturated heterocycles. The van der Waals surface area contributed by atoms with Gasteiger partial charge in [0.15, 0.2) is 0 Å². The summed E-state index contributed by atoms with van der Waals surface area (Å²) in [5, 5.41) is 4.27. The highest BCUT2D eigenvalue weighted by Gasteiger charge is 2.33. The first-order chi connectivity index (χ1) is 8.43. The van der Waals surface area contributed by atoms with Crippen LogP contribution in [0, 0.1) is 0 Å². The Hall–Kier alpha value is -0.570. The van der Waals surface area contributed by atoms with Crippen LogP contribution >= 0.6 is 11.6 Å². The molecule has 0 bridgehead atoms. The van der Waals surface area contributed by atoms with Gasteiger partial charge in [-0.1, -0.05) is 30.7 Å². The number of benzene rings is 1. The molecule has 0 fully saturated rings. The van der Waals surface area contributed by atoms with Crippen molar-refractivity contribution in [1.82, 2.24) is 10.2 Å². The zero-order chi connectivity index (χ0) is 13.8. The highest BCUT2D eigenvalue weighted by Crippen LogP contribution is 2.24. The Labute approximate surface area is 116 Å². The number of halogens is 1. The maximum Gasteiger partial charge on any atom is 0.0408 e. The molecule has 3 heteroatoms. The van der Waals surface area contributed by atoms with Crippen LogP contribution in [0.4, 0.5) is 0 Å². The van der Waals surface area contributed by atoms with Gasteiger partial charge in [0.05, 0.1) is 0 Å². The first kappa shape index (κ1) is 15.5. The molecule has 0 aliphatic heterocycles. The van der Waals surface area contributed by atoms with E-state index < -0.39 is 0 Å². The summed E-state index contributed by atoms with van der Waals surface area (Å²) in [6, 6.07) is 8.53. The summed E-state index contributed by atoms with van der Waals surface area (Å²) < 4.78 is 0. The number of nitrogens with zero attached hydrogens (tertiary/aromatic N) is 1. The molecule has 1 aromatic carbocycles. The molecule has 0 radical (unpaired) electrons. The van der Waals surface area contributed by atoms with Crippen molar-refractivity contribution in [2.75, 3.05) is 21.1 Å². The lowest BCUT2D eigenvalue weighted by Gasteiger charge is -2.42. The second kappa shape index (κ2) is 6.55. The van der Waals surface area contributed by atoms with Crippen molar-refractivity contribution < 1.29 is 0 Å².